The fourth-order valence-electron chi connectivity index (χ4n) is 2.48. The van der Waals surface area contributed by atoms with Crippen LogP contribution in [0.15, 0.2) is 24.3 Å². The highest BCUT2D eigenvalue weighted by Crippen LogP contribution is 2.34. The van der Waals surface area contributed by atoms with Gasteiger partial charge in [-0.1, -0.05) is 38.2 Å². The van der Waals surface area contributed by atoms with Gasteiger partial charge >= 0.3 is 0 Å². The Kier molecular flexibility index (Phi) is 4.00. The first kappa shape index (κ1) is 10.1. The van der Waals surface area contributed by atoms with Crippen molar-refractivity contribution in [2.75, 3.05) is 0 Å². The molecule has 0 aromatic carbocycles. The van der Waals surface area contributed by atoms with Gasteiger partial charge in [-0.25, -0.2) is 0 Å². The van der Waals surface area contributed by atoms with Gasteiger partial charge in [-0.05, 0) is 31.5 Å². The van der Waals surface area contributed by atoms with Gasteiger partial charge in [0.15, 0.2) is 0 Å². The summed E-state index contributed by atoms with van der Waals surface area (Å²) in [5.74, 6) is 0.167. The van der Waals surface area contributed by atoms with E-state index in [0.717, 1.165) is 12.5 Å². The van der Waals surface area contributed by atoms with Crippen LogP contribution < -0.4 is 0 Å². The van der Waals surface area contributed by atoms with E-state index in [1.807, 2.05) is 19.9 Å². The summed E-state index contributed by atoms with van der Waals surface area (Å²) < 4.78 is 21.0. The lowest BCUT2D eigenvalue weighted by Gasteiger charge is -2.25. The lowest BCUT2D eigenvalue weighted by Crippen LogP contribution is -2.33. The number of Topliss-reactive ketones (excluding diaryl/α,β-unsaturated/α-hetero) is 1. The van der Waals surface area contributed by atoms with Gasteiger partial charge in [-0.3, -0.25) is 4.79 Å². The highest BCUT2D eigenvalue weighted by atomic mass is 16.3. The van der Waals surface area contributed by atoms with Crippen molar-refractivity contribution >= 4 is 5.78 Å². The third-order valence-electron chi connectivity index (χ3n) is 3.63. The maximum absolute atomic E-state index is 11.8. The topological polar surface area (TPSA) is 37.3 Å². The van der Waals surface area contributed by atoms with Gasteiger partial charge in [-0.15, -0.1) is 0 Å². The molecule has 0 aromatic heterocycles. The number of rotatable bonds is 5. The second-order valence-electron chi connectivity index (χ2n) is 5.00. The van der Waals surface area contributed by atoms with Crippen molar-refractivity contribution < 1.29 is 14.0 Å². The second-order valence-corrected chi connectivity index (χ2v) is 5.00. The number of carbonyl (C=O) groups excluding carboxylic acids is 1. The van der Waals surface area contributed by atoms with Gasteiger partial charge in [0.05, 0.1) is 6.10 Å². The van der Waals surface area contributed by atoms with Gasteiger partial charge in [0.1, 0.15) is 5.78 Å². The highest BCUT2D eigenvalue weighted by molar-refractivity contribution is 5.83. The molecule has 1 rings (SSSR count). The minimum absolute atomic E-state index is 0.0121. The predicted molar refractivity (Wildman–Crippen MR) is 70.6 cm³/mol. The van der Waals surface area contributed by atoms with Gasteiger partial charge in [-0.2, -0.15) is 0 Å². The molecule has 0 amide bonds. The van der Waals surface area contributed by atoms with Gasteiger partial charge in [0.25, 0.3) is 0 Å². The molecule has 1 N–H and O–H groups in total. The summed E-state index contributed by atoms with van der Waals surface area (Å²) in [6.45, 7) is 1.88. The van der Waals surface area contributed by atoms with Crippen LogP contribution in [0.1, 0.15) is 44.1 Å². The van der Waals surface area contributed by atoms with Crippen molar-refractivity contribution in [3.8, 4) is 0 Å². The molecule has 4 atom stereocenters. The van der Waals surface area contributed by atoms with Crippen LogP contribution in [-0.2, 0) is 4.79 Å². The Bertz CT molecular complexity index is 385. The number of ketones is 1. The molecule has 2 unspecified atom stereocenters. The minimum Gasteiger partial charge on any atom is -0.392 e. The van der Waals surface area contributed by atoms with Crippen LogP contribution >= 0.6 is 0 Å². The summed E-state index contributed by atoms with van der Waals surface area (Å²) in [6, 6.07) is 0. The maximum Gasteiger partial charge on any atom is 0.138 e. The van der Waals surface area contributed by atoms with Gasteiger partial charge in [0.2, 0.25) is 0 Å². The first-order chi connectivity index (χ1) is 9.22. The first-order valence-electron chi connectivity index (χ1n) is 7.77. The summed E-state index contributed by atoms with van der Waals surface area (Å²) in [5.41, 5.74) is 0. The average molecular weight is 239 g/mol. The van der Waals surface area contributed by atoms with Crippen molar-refractivity contribution in [3.63, 3.8) is 0 Å². The lowest BCUT2D eigenvalue weighted by atomic mass is 9.83. The van der Waals surface area contributed by atoms with Crippen LogP contribution in [0.3, 0.4) is 0 Å². The van der Waals surface area contributed by atoms with Crippen molar-refractivity contribution in [2.45, 2.75) is 46.1 Å². The summed E-state index contributed by atoms with van der Waals surface area (Å²) in [4.78, 5) is 11.8. The summed E-state index contributed by atoms with van der Waals surface area (Å²) >= 11 is 0. The zero-order valence-corrected chi connectivity index (χ0v) is 10.6. The van der Waals surface area contributed by atoms with E-state index in [4.69, 9.17) is 4.11 Å². The van der Waals surface area contributed by atoms with Gasteiger partial charge in [0, 0.05) is 16.5 Å². The quantitative estimate of drug-likeness (QED) is 0.748. The molecule has 17 heavy (non-hydrogen) atoms. The first-order valence-corrected chi connectivity index (χ1v) is 6.27. The summed E-state index contributed by atoms with van der Waals surface area (Å²) in [6.07, 6.45) is 7.62. The van der Waals surface area contributed by atoms with Crippen molar-refractivity contribution in [3.05, 3.63) is 24.3 Å². The molecule has 1 saturated carbocycles. The van der Waals surface area contributed by atoms with Crippen LogP contribution in [0, 0.1) is 17.8 Å². The second kappa shape index (κ2) is 6.75. The van der Waals surface area contributed by atoms with Crippen molar-refractivity contribution in [1.29, 1.82) is 0 Å². The monoisotopic (exact) mass is 239 g/mol. The molecule has 0 radical (unpaired) electrons. The Morgan fingerprint density at radius 3 is 2.94 bits per heavy atom. The average Bonchev–Trinajstić information content (AvgIpc) is 2.66. The molecular formula is C15H24O2. The van der Waals surface area contributed by atoms with Crippen LogP contribution in [0.25, 0.3) is 0 Å². The zero-order valence-electron chi connectivity index (χ0n) is 13.6. The molecule has 0 aromatic rings. The highest BCUT2D eigenvalue weighted by Gasteiger charge is 2.38. The molecule has 0 spiro atoms. The SMILES string of the molecule is [2H]C([2H])([2H])C=CC=CC[C@@H](C)C(O)[C@H]1C(=O)CCC1C. The Morgan fingerprint density at radius 2 is 2.35 bits per heavy atom. The number of hydrogen-bond donors (Lipinski definition) is 1. The van der Waals surface area contributed by atoms with E-state index in [1.165, 1.54) is 6.08 Å². The molecule has 0 saturated heterocycles. The molecule has 1 aliphatic carbocycles. The van der Waals surface area contributed by atoms with Crippen LogP contribution in [0.2, 0.25) is 0 Å². The lowest BCUT2D eigenvalue weighted by molar-refractivity contribution is -0.125. The van der Waals surface area contributed by atoms with E-state index in [9.17, 15) is 9.90 Å². The molecule has 1 aliphatic rings. The molecule has 0 bridgehead atoms. The summed E-state index contributed by atoms with van der Waals surface area (Å²) in [5, 5.41) is 10.3. The Hall–Kier alpha value is -0.890. The zero-order chi connectivity index (χ0) is 15.3. The van der Waals surface area contributed by atoms with Crippen LogP contribution in [0.5, 0.6) is 0 Å². The number of carbonyl (C=O) groups is 1. The molecule has 2 nitrogen and oxygen atoms in total. The van der Waals surface area contributed by atoms with E-state index in [1.54, 1.807) is 6.08 Å². The number of aliphatic hydroxyl groups is 1. The largest absolute Gasteiger partial charge is 0.392 e. The molecule has 96 valence electrons. The maximum atomic E-state index is 11.8. The van der Waals surface area contributed by atoms with E-state index >= 15 is 0 Å². The number of allylic oxidation sites excluding steroid dienone is 4. The van der Waals surface area contributed by atoms with E-state index < -0.39 is 13.0 Å². The van der Waals surface area contributed by atoms with E-state index in [-0.39, 0.29) is 23.5 Å². The fourth-order valence-corrected chi connectivity index (χ4v) is 2.48. The van der Waals surface area contributed by atoms with E-state index in [0.29, 0.717) is 12.8 Å². The van der Waals surface area contributed by atoms with Crippen LogP contribution in [0.4, 0.5) is 0 Å². The molecule has 0 aliphatic heterocycles. The Labute approximate surface area is 109 Å². The van der Waals surface area contributed by atoms with Crippen molar-refractivity contribution in [1.82, 2.24) is 0 Å². The predicted octanol–water partition coefficient (Wildman–Crippen LogP) is 3.12. The smallest absolute Gasteiger partial charge is 0.138 e. The fraction of sp³-hybridized carbons (Fsp3) is 0.667. The summed E-state index contributed by atoms with van der Waals surface area (Å²) in [7, 11) is 0. The van der Waals surface area contributed by atoms with E-state index in [2.05, 4.69) is 0 Å². The third-order valence-corrected chi connectivity index (χ3v) is 3.63. The number of hydrogen-bond acceptors (Lipinski definition) is 2. The van der Waals surface area contributed by atoms with Crippen molar-refractivity contribution in [2.24, 2.45) is 17.8 Å². The molecule has 2 heteroatoms. The Morgan fingerprint density at radius 1 is 1.59 bits per heavy atom. The third kappa shape index (κ3) is 3.81. The standard InChI is InChI=1S/C15H24O2/c1-4-5-6-7-8-12(3)15(17)14-11(2)9-10-13(14)16/h4-7,11-12,14-15,17H,8-10H2,1-3H3/t11?,12-,14-,15?/m1/s1/i1D3. The van der Waals surface area contributed by atoms with Gasteiger partial charge < -0.3 is 5.11 Å². The molecule has 0 heterocycles. The minimum atomic E-state index is -2.05. The molecule has 1 fully saturated rings. The Balaban J connectivity index is 2.46. The number of aliphatic hydroxyl groups excluding tert-OH is 1. The molecular weight excluding hydrogens is 212 g/mol. The van der Waals surface area contributed by atoms with Crippen LogP contribution in [-0.4, -0.2) is 17.0 Å². The normalized spacial score (nSPS) is 32.6.